The van der Waals surface area contributed by atoms with Gasteiger partial charge in [0.15, 0.2) is 0 Å². The zero-order valence-electron chi connectivity index (χ0n) is 16.4. The van der Waals surface area contributed by atoms with Crippen LogP contribution in [0.2, 0.25) is 0 Å². The molecule has 2 aromatic rings. The summed E-state index contributed by atoms with van der Waals surface area (Å²) in [6.07, 6.45) is 3.57. The Labute approximate surface area is 167 Å². The molecule has 1 N–H and O–H groups in total. The van der Waals surface area contributed by atoms with Gasteiger partial charge in [0, 0.05) is 17.6 Å². The number of nitrogens with zero attached hydrogens (tertiary/aromatic N) is 2. The van der Waals surface area contributed by atoms with Gasteiger partial charge < -0.3 is 10.2 Å². The first kappa shape index (κ1) is 18.6. The van der Waals surface area contributed by atoms with E-state index in [1.165, 1.54) is 52.6 Å². The normalized spacial score (nSPS) is 19.9. The van der Waals surface area contributed by atoms with Crippen LogP contribution in [-0.4, -0.2) is 36.3 Å². The van der Waals surface area contributed by atoms with E-state index in [-0.39, 0.29) is 5.41 Å². The maximum Gasteiger partial charge on any atom is 0.108 e. The van der Waals surface area contributed by atoms with Crippen LogP contribution in [0.15, 0.2) is 53.5 Å². The van der Waals surface area contributed by atoms with E-state index >= 15 is 0 Å². The van der Waals surface area contributed by atoms with Crippen molar-refractivity contribution in [2.75, 3.05) is 30.9 Å². The second-order valence-electron chi connectivity index (χ2n) is 8.07. The van der Waals surface area contributed by atoms with E-state index < -0.39 is 0 Å². The Morgan fingerprint density at radius 3 is 2.44 bits per heavy atom. The number of anilines is 1. The highest BCUT2D eigenvalue weighted by molar-refractivity contribution is 7.99. The molecule has 0 saturated carbocycles. The van der Waals surface area contributed by atoms with Crippen LogP contribution in [0.1, 0.15) is 29.5 Å². The number of aliphatic imine (C=N–C) groups is 1. The van der Waals surface area contributed by atoms with Crippen LogP contribution in [0.4, 0.5) is 5.69 Å². The van der Waals surface area contributed by atoms with Gasteiger partial charge in [0.25, 0.3) is 0 Å². The third-order valence-corrected chi connectivity index (χ3v) is 6.68. The minimum absolute atomic E-state index is 0.199. The zero-order chi connectivity index (χ0) is 18.7. The number of nitrogens with one attached hydrogen (secondary N) is 1. The van der Waals surface area contributed by atoms with E-state index in [1.807, 2.05) is 0 Å². The Balaban J connectivity index is 1.56. The van der Waals surface area contributed by atoms with Crippen LogP contribution >= 0.6 is 11.8 Å². The Morgan fingerprint density at radius 1 is 1.00 bits per heavy atom. The van der Waals surface area contributed by atoms with Gasteiger partial charge in [-0.3, -0.25) is 4.99 Å². The molecular formula is C23H29N3S. The van der Waals surface area contributed by atoms with E-state index in [0.29, 0.717) is 0 Å². The molecule has 1 fully saturated rings. The molecule has 1 saturated heterocycles. The molecule has 0 unspecified atom stereocenters. The van der Waals surface area contributed by atoms with E-state index in [1.54, 1.807) is 0 Å². The topological polar surface area (TPSA) is 27.6 Å². The molecule has 0 radical (unpaired) electrons. The van der Waals surface area contributed by atoms with Gasteiger partial charge in [0.2, 0.25) is 0 Å². The van der Waals surface area contributed by atoms with Gasteiger partial charge in [-0.25, -0.2) is 0 Å². The summed E-state index contributed by atoms with van der Waals surface area (Å²) in [5, 5.41) is 3.70. The third-order valence-electron chi connectivity index (χ3n) is 5.69. The lowest BCUT2D eigenvalue weighted by Crippen LogP contribution is -2.44. The first-order valence-electron chi connectivity index (χ1n) is 9.85. The molecule has 2 aromatic carbocycles. The number of amidine groups is 1. The molecule has 4 rings (SSSR count). The molecule has 0 aliphatic carbocycles. The van der Waals surface area contributed by atoms with Crippen LogP contribution in [-0.2, 0) is 19.5 Å². The van der Waals surface area contributed by atoms with E-state index in [0.717, 1.165) is 19.5 Å². The average Bonchev–Trinajstić information content (AvgIpc) is 2.68. The summed E-state index contributed by atoms with van der Waals surface area (Å²) in [4.78, 5) is 7.30. The Morgan fingerprint density at radius 2 is 1.70 bits per heavy atom. The predicted molar refractivity (Wildman–Crippen MR) is 118 cm³/mol. The number of hydrogen-bond donors (Lipinski definition) is 1. The van der Waals surface area contributed by atoms with E-state index in [9.17, 15) is 0 Å². The molecule has 27 heavy (non-hydrogen) atoms. The highest BCUT2D eigenvalue weighted by Gasteiger charge is 2.41. The van der Waals surface area contributed by atoms with Gasteiger partial charge in [-0.05, 0) is 67.6 Å². The Hall–Kier alpha value is -1.78. The molecule has 0 amide bonds. The second kappa shape index (κ2) is 8.07. The largest absolute Gasteiger partial charge is 0.343 e. The van der Waals surface area contributed by atoms with Gasteiger partial charge >= 0.3 is 0 Å². The van der Waals surface area contributed by atoms with Crippen LogP contribution in [0, 0.1) is 5.41 Å². The van der Waals surface area contributed by atoms with Crippen LogP contribution in [0.3, 0.4) is 0 Å². The summed E-state index contributed by atoms with van der Waals surface area (Å²) < 4.78 is 0. The van der Waals surface area contributed by atoms with Crippen LogP contribution in [0.5, 0.6) is 0 Å². The molecule has 0 aromatic heterocycles. The van der Waals surface area contributed by atoms with E-state index in [2.05, 4.69) is 84.6 Å². The smallest absolute Gasteiger partial charge is 0.108 e. The number of hydrogen-bond acceptors (Lipinski definition) is 3. The molecule has 142 valence electrons. The van der Waals surface area contributed by atoms with Crippen molar-refractivity contribution in [3.05, 3.63) is 65.2 Å². The summed E-state index contributed by atoms with van der Waals surface area (Å²) in [5.74, 6) is 3.68. The minimum atomic E-state index is 0.199. The predicted octanol–water partition coefficient (Wildman–Crippen LogP) is 4.83. The third kappa shape index (κ3) is 4.22. The number of para-hydroxylation sites is 1. The minimum Gasteiger partial charge on any atom is -0.343 e. The SMILES string of the molecule is CN(C)Cc1ccc(CN=C2Nc3ccccc3CC23CCSCC3)cc1. The highest BCUT2D eigenvalue weighted by atomic mass is 32.2. The number of fused-ring (bicyclic) bond motifs is 1. The van der Waals surface area contributed by atoms with Crippen molar-refractivity contribution in [3.63, 3.8) is 0 Å². The van der Waals surface area contributed by atoms with Gasteiger partial charge in [-0.1, -0.05) is 42.5 Å². The van der Waals surface area contributed by atoms with Crippen molar-refractivity contribution in [1.29, 1.82) is 0 Å². The second-order valence-corrected chi connectivity index (χ2v) is 9.30. The summed E-state index contributed by atoms with van der Waals surface area (Å²) in [7, 11) is 4.21. The zero-order valence-corrected chi connectivity index (χ0v) is 17.2. The maximum absolute atomic E-state index is 5.11. The van der Waals surface area contributed by atoms with Gasteiger partial charge in [-0.15, -0.1) is 0 Å². The molecule has 2 aliphatic rings. The standard InChI is InChI=1S/C23H29N3S/c1-26(2)17-19-9-7-18(8-10-19)16-24-22-23(11-13-27-14-12-23)15-20-5-3-4-6-21(20)25-22/h3-10H,11-17H2,1-2H3,(H,24,25). The molecule has 1 spiro atoms. The monoisotopic (exact) mass is 379 g/mol. The lowest BCUT2D eigenvalue weighted by molar-refractivity contribution is 0.377. The highest BCUT2D eigenvalue weighted by Crippen LogP contribution is 2.44. The molecule has 4 heteroatoms. The van der Waals surface area contributed by atoms with Crippen molar-refractivity contribution >= 4 is 23.3 Å². The van der Waals surface area contributed by atoms with E-state index in [4.69, 9.17) is 4.99 Å². The van der Waals surface area contributed by atoms with Crippen molar-refractivity contribution in [2.45, 2.75) is 32.4 Å². The summed E-state index contributed by atoms with van der Waals surface area (Å²) >= 11 is 2.08. The maximum atomic E-state index is 5.11. The fraction of sp³-hybridized carbons (Fsp3) is 0.435. The van der Waals surface area contributed by atoms with Gasteiger partial charge in [0.1, 0.15) is 5.84 Å². The Kier molecular flexibility index (Phi) is 5.55. The average molecular weight is 380 g/mol. The van der Waals surface area contributed by atoms with Crippen LogP contribution in [0.25, 0.3) is 0 Å². The molecule has 2 aliphatic heterocycles. The number of rotatable bonds is 4. The summed E-state index contributed by atoms with van der Waals surface area (Å²) in [6, 6.07) is 17.6. The fourth-order valence-corrected chi connectivity index (χ4v) is 5.45. The van der Waals surface area contributed by atoms with Crippen molar-refractivity contribution in [2.24, 2.45) is 10.4 Å². The molecule has 0 atom stereocenters. The van der Waals surface area contributed by atoms with Crippen molar-refractivity contribution in [3.8, 4) is 0 Å². The first-order chi connectivity index (χ1) is 13.1. The van der Waals surface area contributed by atoms with Crippen LogP contribution < -0.4 is 5.32 Å². The number of benzene rings is 2. The fourth-order valence-electron chi connectivity index (χ4n) is 4.17. The molecule has 3 nitrogen and oxygen atoms in total. The lowest BCUT2D eigenvalue weighted by atomic mass is 9.73. The Bertz CT molecular complexity index is 805. The van der Waals surface area contributed by atoms with Crippen molar-refractivity contribution in [1.82, 2.24) is 4.90 Å². The van der Waals surface area contributed by atoms with Gasteiger partial charge in [0.05, 0.1) is 6.54 Å². The summed E-state index contributed by atoms with van der Waals surface area (Å²) in [6.45, 7) is 1.73. The quantitative estimate of drug-likeness (QED) is 0.825. The molecule has 0 bridgehead atoms. The summed E-state index contributed by atoms with van der Waals surface area (Å²) in [5.41, 5.74) is 5.51. The lowest BCUT2D eigenvalue weighted by Gasteiger charge is -2.42. The van der Waals surface area contributed by atoms with Crippen molar-refractivity contribution < 1.29 is 0 Å². The first-order valence-corrected chi connectivity index (χ1v) is 11.0. The molecular weight excluding hydrogens is 350 g/mol. The molecule has 2 heterocycles. The number of thioether (sulfide) groups is 1. The van der Waals surface area contributed by atoms with Gasteiger partial charge in [-0.2, -0.15) is 11.8 Å².